The van der Waals surface area contributed by atoms with E-state index >= 15 is 0 Å². The Morgan fingerprint density at radius 2 is 2.00 bits per heavy atom. The lowest BCUT2D eigenvalue weighted by atomic mass is 10.0. The van der Waals surface area contributed by atoms with Crippen LogP contribution in [0.15, 0.2) is 42.5 Å². The normalized spacial score (nSPS) is 11.0. The number of benzene rings is 2. The minimum Gasteiger partial charge on any atom is -0.336 e. The third-order valence-electron chi connectivity index (χ3n) is 3.40. The Morgan fingerprint density at radius 3 is 2.74 bits per heavy atom. The van der Waals surface area contributed by atoms with Crippen molar-refractivity contribution in [2.75, 3.05) is 5.32 Å². The van der Waals surface area contributed by atoms with Crippen molar-refractivity contribution < 1.29 is 9.18 Å². The quantitative estimate of drug-likeness (QED) is 0.686. The lowest BCUT2D eigenvalue weighted by molar-refractivity contribution is 0.250. The van der Waals surface area contributed by atoms with Gasteiger partial charge in [0.05, 0.1) is 5.52 Å². The van der Waals surface area contributed by atoms with Crippen LogP contribution < -0.4 is 10.6 Å². The van der Waals surface area contributed by atoms with E-state index in [9.17, 15) is 9.18 Å². The molecule has 2 amide bonds. The fourth-order valence-electron chi connectivity index (χ4n) is 2.38. The number of fused-ring (bicyclic) bond motifs is 1. The Morgan fingerprint density at radius 1 is 1.22 bits per heavy atom. The zero-order chi connectivity index (χ0) is 16.4. The van der Waals surface area contributed by atoms with Gasteiger partial charge in [-0.25, -0.2) is 9.18 Å². The summed E-state index contributed by atoms with van der Waals surface area (Å²) in [5, 5.41) is 13.2. The van der Waals surface area contributed by atoms with Gasteiger partial charge in [-0.05, 0) is 37.6 Å². The first kappa shape index (κ1) is 15.0. The second kappa shape index (κ2) is 6.08. The van der Waals surface area contributed by atoms with E-state index in [1.807, 2.05) is 32.0 Å². The van der Waals surface area contributed by atoms with Gasteiger partial charge in [-0.15, -0.1) is 0 Å². The Kier molecular flexibility index (Phi) is 3.97. The molecular weight excluding hydrogens is 295 g/mol. The highest BCUT2D eigenvalue weighted by molar-refractivity contribution is 6.00. The third kappa shape index (κ3) is 3.15. The van der Waals surface area contributed by atoms with Crippen LogP contribution in [0.2, 0.25) is 0 Å². The van der Waals surface area contributed by atoms with E-state index in [1.165, 1.54) is 6.07 Å². The Bertz CT molecular complexity index is 857. The van der Waals surface area contributed by atoms with Crippen molar-refractivity contribution in [3.63, 3.8) is 0 Å². The molecule has 0 unspecified atom stereocenters. The number of urea groups is 1. The van der Waals surface area contributed by atoms with Crippen LogP contribution in [0.1, 0.15) is 13.8 Å². The fourth-order valence-corrected chi connectivity index (χ4v) is 2.38. The van der Waals surface area contributed by atoms with Gasteiger partial charge in [0.25, 0.3) is 0 Å². The number of H-pyrrole nitrogens is 1. The van der Waals surface area contributed by atoms with Gasteiger partial charge in [-0.3, -0.25) is 10.4 Å². The molecule has 0 bridgehead atoms. The summed E-state index contributed by atoms with van der Waals surface area (Å²) in [6, 6.07) is 11.7. The van der Waals surface area contributed by atoms with E-state index < -0.39 is 0 Å². The summed E-state index contributed by atoms with van der Waals surface area (Å²) in [4.78, 5) is 11.8. The van der Waals surface area contributed by atoms with E-state index in [0.717, 1.165) is 16.5 Å². The lowest BCUT2D eigenvalue weighted by Crippen LogP contribution is -2.34. The van der Waals surface area contributed by atoms with Gasteiger partial charge in [0.2, 0.25) is 0 Å². The smallest absolute Gasteiger partial charge is 0.320 e. The zero-order valence-electron chi connectivity index (χ0n) is 12.9. The van der Waals surface area contributed by atoms with Crippen LogP contribution in [0.3, 0.4) is 0 Å². The molecular formula is C17H17FN4O. The molecule has 0 spiro atoms. The van der Waals surface area contributed by atoms with Crippen LogP contribution in [-0.2, 0) is 0 Å². The van der Waals surface area contributed by atoms with Crippen molar-refractivity contribution in [2.24, 2.45) is 0 Å². The number of nitrogens with zero attached hydrogens (tertiary/aromatic N) is 1. The maximum atomic E-state index is 13.9. The molecule has 5 nitrogen and oxygen atoms in total. The van der Waals surface area contributed by atoms with Gasteiger partial charge in [0, 0.05) is 17.0 Å². The summed E-state index contributed by atoms with van der Waals surface area (Å²) >= 11 is 0. The van der Waals surface area contributed by atoms with Crippen LogP contribution in [0.25, 0.3) is 22.0 Å². The summed E-state index contributed by atoms with van der Waals surface area (Å²) in [5.74, 6) is 0.166. The predicted molar refractivity (Wildman–Crippen MR) is 88.8 cm³/mol. The number of rotatable bonds is 3. The largest absolute Gasteiger partial charge is 0.336 e. The lowest BCUT2D eigenvalue weighted by Gasteiger charge is -2.08. The molecule has 118 valence electrons. The van der Waals surface area contributed by atoms with Crippen molar-refractivity contribution in [2.45, 2.75) is 19.9 Å². The maximum Gasteiger partial charge on any atom is 0.320 e. The molecule has 0 aliphatic rings. The second-order valence-corrected chi connectivity index (χ2v) is 5.57. The van der Waals surface area contributed by atoms with Gasteiger partial charge in [0.15, 0.2) is 5.82 Å². The summed E-state index contributed by atoms with van der Waals surface area (Å²) < 4.78 is 13.9. The molecule has 2 aromatic carbocycles. The number of halogens is 1. The first-order valence-corrected chi connectivity index (χ1v) is 7.35. The van der Waals surface area contributed by atoms with Crippen LogP contribution in [0, 0.1) is 5.82 Å². The van der Waals surface area contributed by atoms with Gasteiger partial charge >= 0.3 is 6.03 Å². The van der Waals surface area contributed by atoms with Crippen molar-refractivity contribution in [1.29, 1.82) is 0 Å². The number of amides is 2. The third-order valence-corrected chi connectivity index (χ3v) is 3.40. The Hall–Kier alpha value is -2.89. The molecule has 3 aromatic rings. The van der Waals surface area contributed by atoms with Gasteiger partial charge in [0.1, 0.15) is 5.82 Å². The Labute approximate surface area is 132 Å². The van der Waals surface area contributed by atoms with E-state index in [0.29, 0.717) is 11.4 Å². The molecule has 0 aliphatic heterocycles. The first-order chi connectivity index (χ1) is 11.0. The molecule has 23 heavy (non-hydrogen) atoms. The number of anilines is 1. The number of carbonyl (C=O) groups excluding carboxylic acids is 1. The fraction of sp³-hybridized carbons (Fsp3) is 0.176. The second-order valence-electron chi connectivity index (χ2n) is 5.57. The molecule has 3 N–H and O–H groups in total. The average Bonchev–Trinajstić information content (AvgIpc) is 2.89. The minimum atomic E-state index is -0.313. The van der Waals surface area contributed by atoms with Crippen molar-refractivity contribution >= 4 is 22.8 Å². The molecule has 0 fully saturated rings. The Balaban J connectivity index is 1.92. The van der Waals surface area contributed by atoms with Gasteiger partial charge in [-0.1, -0.05) is 24.3 Å². The molecule has 0 saturated heterocycles. The molecule has 0 saturated carbocycles. The zero-order valence-corrected chi connectivity index (χ0v) is 12.9. The molecule has 1 aromatic heterocycles. The molecule has 0 aliphatic carbocycles. The van der Waals surface area contributed by atoms with E-state index in [2.05, 4.69) is 20.8 Å². The van der Waals surface area contributed by atoms with E-state index in [4.69, 9.17) is 0 Å². The minimum absolute atomic E-state index is 0.0351. The number of aromatic nitrogens is 2. The van der Waals surface area contributed by atoms with Crippen molar-refractivity contribution in [1.82, 2.24) is 15.5 Å². The standard InChI is InChI=1S/C17H17FN4O/c1-10(2)19-17(23)20-16-13-8-7-11(9-15(13)21-22-16)12-5-3-4-6-14(12)18/h3-10H,1-2H3,(H3,19,20,21,22,23). The first-order valence-electron chi connectivity index (χ1n) is 7.35. The highest BCUT2D eigenvalue weighted by Crippen LogP contribution is 2.28. The molecule has 3 rings (SSSR count). The van der Waals surface area contributed by atoms with Crippen LogP contribution in [-0.4, -0.2) is 22.3 Å². The summed E-state index contributed by atoms with van der Waals surface area (Å²) in [6.07, 6.45) is 0. The van der Waals surface area contributed by atoms with Crippen LogP contribution in [0.5, 0.6) is 0 Å². The number of hydrogen-bond donors (Lipinski definition) is 3. The molecule has 6 heteroatoms. The van der Waals surface area contributed by atoms with Crippen molar-refractivity contribution in [3.05, 3.63) is 48.3 Å². The van der Waals surface area contributed by atoms with E-state index in [-0.39, 0.29) is 17.9 Å². The summed E-state index contributed by atoms with van der Waals surface area (Å²) in [5.41, 5.74) is 2.00. The number of nitrogens with one attached hydrogen (secondary N) is 3. The van der Waals surface area contributed by atoms with Gasteiger partial charge in [-0.2, -0.15) is 5.10 Å². The number of carbonyl (C=O) groups is 1. The maximum absolute atomic E-state index is 13.9. The highest BCUT2D eigenvalue weighted by atomic mass is 19.1. The number of hydrogen-bond acceptors (Lipinski definition) is 2. The summed E-state index contributed by atoms with van der Waals surface area (Å²) in [6.45, 7) is 3.76. The molecule has 0 radical (unpaired) electrons. The SMILES string of the molecule is CC(C)NC(=O)Nc1n[nH]c2cc(-c3ccccc3F)ccc12. The predicted octanol–water partition coefficient (Wildman–Crippen LogP) is 3.90. The summed E-state index contributed by atoms with van der Waals surface area (Å²) in [7, 11) is 0. The average molecular weight is 312 g/mol. The van der Waals surface area contributed by atoms with Crippen LogP contribution >= 0.6 is 0 Å². The highest BCUT2D eigenvalue weighted by Gasteiger charge is 2.12. The monoisotopic (exact) mass is 312 g/mol. The molecule has 0 atom stereocenters. The topological polar surface area (TPSA) is 69.8 Å². The molecule has 1 heterocycles. The van der Waals surface area contributed by atoms with Crippen LogP contribution in [0.4, 0.5) is 15.0 Å². The van der Waals surface area contributed by atoms with Gasteiger partial charge < -0.3 is 5.32 Å². The number of aromatic amines is 1. The van der Waals surface area contributed by atoms with Crippen molar-refractivity contribution in [3.8, 4) is 11.1 Å². The van der Waals surface area contributed by atoms with E-state index in [1.54, 1.807) is 18.2 Å².